The van der Waals surface area contributed by atoms with Gasteiger partial charge in [0.1, 0.15) is 0 Å². The van der Waals surface area contributed by atoms with Crippen LogP contribution in [0.5, 0.6) is 0 Å². The molecule has 0 unspecified atom stereocenters. The Balaban J connectivity index is 0. The minimum atomic E-state index is -0.948. The van der Waals surface area contributed by atoms with Crippen molar-refractivity contribution >= 4 is 5.97 Å². The van der Waals surface area contributed by atoms with Gasteiger partial charge in [-0.1, -0.05) is 51.0 Å². The maximum Gasteiger partial charge on any atom is 1.00 e. The molecule has 23 heavy (non-hydrogen) atoms. The van der Waals surface area contributed by atoms with Gasteiger partial charge in [0, 0.05) is 12.5 Å². The number of hydrogen-bond donors (Lipinski definition) is 0. The third-order valence-electron chi connectivity index (χ3n) is 3.57. The number of carbonyl (C=O) groups is 1. The van der Waals surface area contributed by atoms with Crippen LogP contribution < -0.4 is 34.7 Å². The number of carboxylic acids is 1. The first-order chi connectivity index (χ1) is 10.7. The SMILES string of the molecule is CCC/C=C/CCCN(CCC/C=C/CCC)CCC(=O)[O-].[Na+]. The van der Waals surface area contributed by atoms with Gasteiger partial charge in [0.15, 0.2) is 0 Å². The number of allylic oxidation sites excluding steroid dienone is 4. The summed E-state index contributed by atoms with van der Waals surface area (Å²) in [5, 5.41) is 10.6. The number of carbonyl (C=O) groups excluding carboxylic acids is 1. The zero-order valence-corrected chi connectivity index (χ0v) is 17.6. The standard InChI is InChI=1S/C19H35NO2.Na/c1-3-5-7-9-11-13-16-20(18-15-19(21)22)17-14-12-10-8-6-4-2;/h7-10H,3-6,11-18H2,1-2H3,(H,21,22);/q;+1/p-1/b9-7+,10-8+;. The zero-order valence-electron chi connectivity index (χ0n) is 15.6. The molecule has 0 atom stereocenters. The second-order valence-corrected chi connectivity index (χ2v) is 5.77. The summed E-state index contributed by atoms with van der Waals surface area (Å²) in [6.07, 6.45) is 18.2. The molecule has 0 aromatic rings. The molecular weight excluding hydrogens is 297 g/mol. The van der Waals surface area contributed by atoms with E-state index in [2.05, 4.69) is 43.1 Å². The van der Waals surface area contributed by atoms with Crippen LogP contribution >= 0.6 is 0 Å². The molecule has 128 valence electrons. The van der Waals surface area contributed by atoms with Crippen molar-refractivity contribution in [3.05, 3.63) is 24.3 Å². The smallest absolute Gasteiger partial charge is 0.550 e. The van der Waals surface area contributed by atoms with Gasteiger partial charge in [0.25, 0.3) is 0 Å². The Morgan fingerprint density at radius 3 is 1.65 bits per heavy atom. The van der Waals surface area contributed by atoms with Gasteiger partial charge in [0.2, 0.25) is 0 Å². The van der Waals surface area contributed by atoms with E-state index in [-0.39, 0.29) is 36.0 Å². The number of rotatable bonds is 15. The van der Waals surface area contributed by atoms with E-state index >= 15 is 0 Å². The van der Waals surface area contributed by atoms with Gasteiger partial charge in [-0.15, -0.1) is 0 Å². The van der Waals surface area contributed by atoms with Gasteiger partial charge in [0.05, 0.1) is 0 Å². The second kappa shape index (κ2) is 20.0. The van der Waals surface area contributed by atoms with E-state index in [9.17, 15) is 9.90 Å². The fourth-order valence-corrected chi connectivity index (χ4v) is 2.26. The summed E-state index contributed by atoms with van der Waals surface area (Å²) in [5.41, 5.74) is 0. The number of nitrogens with zero attached hydrogens (tertiary/aromatic N) is 1. The Kier molecular flexibility index (Phi) is 21.8. The molecule has 0 bridgehead atoms. The minimum Gasteiger partial charge on any atom is -0.550 e. The van der Waals surface area contributed by atoms with E-state index < -0.39 is 5.97 Å². The summed E-state index contributed by atoms with van der Waals surface area (Å²) in [6.45, 7) is 6.92. The normalized spacial score (nSPS) is 11.4. The van der Waals surface area contributed by atoms with Gasteiger partial charge in [-0.2, -0.15) is 0 Å². The van der Waals surface area contributed by atoms with E-state index in [1.165, 1.54) is 12.8 Å². The largest absolute Gasteiger partial charge is 1.00 e. The van der Waals surface area contributed by atoms with Crippen LogP contribution in [0.3, 0.4) is 0 Å². The average Bonchev–Trinajstić information content (AvgIpc) is 2.50. The molecule has 0 radical (unpaired) electrons. The maximum atomic E-state index is 10.6. The van der Waals surface area contributed by atoms with E-state index in [1.807, 2.05) is 0 Å². The molecule has 0 heterocycles. The average molecular weight is 331 g/mol. The molecule has 0 aromatic carbocycles. The summed E-state index contributed by atoms with van der Waals surface area (Å²) >= 11 is 0. The molecule has 0 rings (SSSR count). The van der Waals surface area contributed by atoms with E-state index in [0.29, 0.717) is 6.54 Å². The quantitative estimate of drug-likeness (QED) is 0.252. The Morgan fingerprint density at radius 2 is 1.26 bits per heavy atom. The van der Waals surface area contributed by atoms with Crippen molar-refractivity contribution < 1.29 is 39.5 Å². The van der Waals surface area contributed by atoms with Crippen LogP contribution in [-0.2, 0) is 4.79 Å². The summed E-state index contributed by atoms with van der Waals surface area (Å²) in [7, 11) is 0. The van der Waals surface area contributed by atoms with Crippen molar-refractivity contribution in [2.45, 2.75) is 71.6 Å². The van der Waals surface area contributed by atoms with Crippen LogP contribution in [0.15, 0.2) is 24.3 Å². The molecular formula is C19H34NNaO2. The van der Waals surface area contributed by atoms with Crippen molar-refractivity contribution in [2.75, 3.05) is 19.6 Å². The first-order valence-corrected chi connectivity index (χ1v) is 8.92. The van der Waals surface area contributed by atoms with Gasteiger partial charge < -0.3 is 14.8 Å². The molecule has 0 amide bonds. The Hall–Kier alpha value is -0.0900. The van der Waals surface area contributed by atoms with Crippen molar-refractivity contribution in [2.24, 2.45) is 0 Å². The van der Waals surface area contributed by atoms with Crippen LogP contribution in [0, 0.1) is 0 Å². The Bertz CT molecular complexity index is 294. The van der Waals surface area contributed by atoms with Crippen molar-refractivity contribution in [3.63, 3.8) is 0 Å². The van der Waals surface area contributed by atoms with E-state index in [1.54, 1.807) is 0 Å². The molecule has 3 nitrogen and oxygen atoms in total. The number of hydrogen-bond acceptors (Lipinski definition) is 3. The molecule has 0 saturated carbocycles. The molecule has 0 aliphatic carbocycles. The number of aliphatic carboxylic acids is 1. The predicted octanol–water partition coefficient (Wildman–Crippen LogP) is 0.705. The van der Waals surface area contributed by atoms with Crippen LogP contribution in [0.25, 0.3) is 0 Å². The van der Waals surface area contributed by atoms with Crippen LogP contribution in [0.2, 0.25) is 0 Å². The molecule has 0 aliphatic rings. The summed E-state index contributed by atoms with van der Waals surface area (Å²) in [6, 6.07) is 0. The van der Waals surface area contributed by atoms with Crippen molar-refractivity contribution in [3.8, 4) is 0 Å². The minimum absolute atomic E-state index is 0. The fraction of sp³-hybridized carbons (Fsp3) is 0.737. The Labute approximate surface area is 165 Å². The maximum absolute atomic E-state index is 10.6. The van der Waals surface area contributed by atoms with Gasteiger partial charge in [-0.05, 0) is 58.0 Å². The topological polar surface area (TPSA) is 43.4 Å². The second-order valence-electron chi connectivity index (χ2n) is 5.77. The molecule has 0 N–H and O–H groups in total. The summed E-state index contributed by atoms with van der Waals surface area (Å²) in [4.78, 5) is 12.9. The van der Waals surface area contributed by atoms with Gasteiger partial charge in [-0.3, -0.25) is 0 Å². The van der Waals surface area contributed by atoms with Crippen LogP contribution in [0.4, 0.5) is 0 Å². The molecule has 4 heteroatoms. The van der Waals surface area contributed by atoms with E-state index in [4.69, 9.17) is 0 Å². The molecule has 0 saturated heterocycles. The monoisotopic (exact) mass is 331 g/mol. The molecule has 0 aliphatic heterocycles. The molecule has 0 aromatic heterocycles. The predicted molar refractivity (Wildman–Crippen MR) is 92.6 cm³/mol. The Morgan fingerprint density at radius 1 is 0.826 bits per heavy atom. The van der Waals surface area contributed by atoms with Crippen LogP contribution in [-0.4, -0.2) is 30.5 Å². The van der Waals surface area contributed by atoms with E-state index in [0.717, 1.165) is 51.6 Å². The third-order valence-corrected chi connectivity index (χ3v) is 3.57. The van der Waals surface area contributed by atoms with Crippen LogP contribution in [0.1, 0.15) is 71.6 Å². The number of carboxylic acid groups (broad SMARTS) is 1. The number of unbranched alkanes of at least 4 members (excludes halogenated alkanes) is 4. The summed E-state index contributed by atoms with van der Waals surface area (Å²) < 4.78 is 0. The molecule has 0 spiro atoms. The zero-order chi connectivity index (χ0) is 16.5. The van der Waals surface area contributed by atoms with Gasteiger partial charge in [-0.25, -0.2) is 0 Å². The van der Waals surface area contributed by atoms with Crippen molar-refractivity contribution in [1.82, 2.24) is 4.90 Å². The third kappa shape index (κ3) is 19.9. The molecule has 0 fully saturated rings. The van der Waals surface area contributed by atoms with Crippen molar-refractivity contribution in [1.29, 1.82) is 0 Å². The fourth-order valence-electron chi connectivity index (χ4n) is 2.26. The first-order valence-electron chi connectivity index (χ1n) is 8.92. The first kappa shape index (κ1) is 25.2. The van der Waals surface area contributed by atoms with Gasteiger partial charge >= 0.3 is 29.6 Å². The summed E-state index contributed by atoms with van der Waals surface area (Å²) in [5.74, 6) is -0.948.